The maximum Gasteiger partial charge on any atom is 0.295 e. The van der Waals surface area contributed by atoms with Crippen LogP contribution in [0, 0.1) is 6.92 Å². The topological polar surface area (TPSA) is 70.5 Å². The van der Waals surface area contributed by atoms with Gasteiger partial charge in [0.05, 0.1) is 0 Å². The Bertz CT molecular complexity index is 1320. The standard InChI is InChI=1S/C16H18N2.C10H8O3S/c1-13-12-15(10-11-17-13)5-4-14-6-8-16(9-7-14)18(2)3;11-14(12,13)10-7-3-5-8-4-1-2-6-9(8)10/h4-12H,1-3H3;1-7H,(H,11,12,13). The van der Waals surface area contributed by atoms with Gasteiger partial charge in [0.2, 0.25) is 0 Å². The van der Waals surface area contributed by atoms with Gasteiger partial charge in [0.1, 0.15) is 4.90 Å². The molecule has 0 atom stereocenters. The number of rotatable bonds is 4. The first kappa shape index (κ1) is 23.2. The third kappa shape index (κ3) is 6.26. The van der Waals surface area contributed by atoms with Crippen LogP contribution in [0.2, 0.25) is 0 Å². The molecule has 0 saturated heterocycles. The Morgan fingerprint density at radius 2 is 1.50 bits per heavy atom. The molecule has 3 aromatic carbocycles. The van der Waals surface area contributed by atoms with Crippen LogP contribution in [0.1, 0.15) is 16.8 Å². The first-order valence-corrected chi connectivity index (χ1v) is 11.5. The van der Waals surface area contributed by atoms with Crippen molar-refractivity contribution in [1.29, 1.82) is 0 Å². The van der Waals surface area contributed by atoms with E-state index in [-0.39, 0.29) is 4.90 Å². The Morgan fingerprint density at radius 1 is 0.844 bits per heavy atom. The summed E-state index contributed by atoms with van der Waals surface area (Å²) in [7, 11) is -0.0370. The molecule has 0 aliphatic rings. The molecule has 0 fully saturated rings. The SMILES string of the molecule is Cc1cc(C=Cc2ccc(N(C)C)cc2)ccn1.O=S(=O)(O)c1cccc2ccccc12. The lowest BCUT2D eigenvalue weighted by molar-refractivity contribution is 0.484. The molecule has 0 bridgehead atoms. The third-order valence-electron chi connectivity index (χ3n) is 4.83. The van der Waals surface area contributed by atoms with Crippen LogP contribution >= 0.6 is 0 Å². The van der Waals surface area contributed by atoms with Crippen LogP contribution in [0.5, 0.6) is 0 Å². The average Bonchev–Trinajstić information content (AvgIpc) is 2.77. The molecule has 0 spiro atoms. The molecule has 4 rings (SSSR count). The van der Waals surface area contributed by atoms with Crippen molar-refractivity contribution >= 4 is 38.7 Å². The van der Waals surface area contributed by atoms with Crippen LogP contribution in [-0.2, 0) is 10.1 Å². The number of aromatic nitrogens is 1. The molecule has 5 nitrogen and oxygen atoms in total. The number of hydrogen-bond acceptors (Lipinski definition) is 4. The summed E-state index contributed by atoms with van der Waals surface area (Å²) in [6, 6.07) is 24.4. The summed E-state index contributed by atoms with van der Waals surface area (Å²) in [5.41, 5.74) is 4.64. The Hall–Kier alpha value is -3.48. The van der Waals surface area contributed by atoms with Gasteiger partial charge in [-0.1, -0.05) is 60.7 Å². The van der Waals surface area contributed by atoms with Crippen molar-refractivity contribution in [3.63, 3.8) is 0 Å². The number of aryl methyl sites for hydroxylation is 1. The Morgan fingerprint density at radius 3 is 2.16 bits per heavy atom. The molecule has 0 unspecified atom stereocenters. The van der Waals surface area contributed by atoms with Crippen molar-refractivity contribution in [3.05, 3.63) is 102 Å². The molecule has 0 amide bonds. The number of nitrogens with zero attached hydrogens (tertiary/aromatic N) is 2. The van der Waals surface area contributed by atoms with E-state index >= 15 is 0 Å². The quantitative estimate of drug-likeness (QED) is 0.407. The monoisotopic (exact) mass is 446 g/mol. The predicted molar refractivity (Wildman–Crippen MR) is 132 cm³/mol. The summed E-state index contributed by atoms with van der Waals surface area (Å²) in [6.45, 7) is 2.00. The molecule has 6 heteroatoms. The smallest absolute Gasteiger partial charge is 0.295 e. The maximum atomic E-state index is 11.0. The maximum absolute atomic E-state index is 11.0. The van der Waals surface area contributed by atoms with E-state index < -0.39 is 10.1 Å². The van der Waals surface area contributed by atoms with Gasteiger partial charge in [-0.3, -0.25) is 9.54 Å². The highest BCUT2D eigenvalue weighted by Crippen LogP contribution is 2.22. The van der Waals surface area contributed by atoms with E-state index in [9.17, 15) is 8.42 Å². The van der Waals surface area contributed by atoms with Crippen molar-refractivity contribution in [2.75, 3.05) is 19.0 Å². The number of anilines is 1. The second kappa shape index (κ2) is 10.2. The average molecular weight is 447 g/mol. The summed E-state index contributed by atoms with van der Waals surface area (Å²) in [5, 5.41) is 1.33. The molecular formula is C26H26N2O3S. The lowest BCUT2D eigenvalue weighted by atomic mass is 10.1. The lowest BCUT2D eigenvalue weighted by Gasteiger charge is -2.11. The molecule has 0 saturated carbocycles. The summed E-state index contributed by atoms with van der Waals surface area (Å²) in [5.74, 6) is 0. The first-order chi connectivity index (χ1) is 15.2. The molecule has 1 heterocycles. The highest BCUT2D eigenvalue weighted by Gasteiger charge is 2.12. The molecule has 164 valence electrons. The fourth-order valence-corrected chi connectivity index (χ4v) is 3.88. The number of hydrogen-bond donors (Lipinski definition) is 1. The molecule has 0 aliphatic heterocycles. The van der Waals surface area contributed by atoms with E-state index in [0.717, 1.165) is 11.1 Å². The summed E-state index contributed by atoms with van der Waals surface area (Å²) >= 11 is 0. The van der Waals surface area contributed by atoms with Crippen LogP contribution in [0.4, 0.5) is 5.69 Å². The van der Waals surface area contributed by atoms with Crippen LogP contribution in [0.15, 0.2) is 90.0 Å². The van der Waals surface area contributed by atoms with E-state index in [1.807, 2.05) is 39.3 Å². The molecule has 0 radical (unpaired) electrons. The highest BCUT2D eigenvalue weighted by molar-refractivity contribution is 7.86. The van der Waals surface area contributed by atoms with Gasteiger partial charge in [0.15, 0.2) is 0 Å². The number of fused-ring (bicyclic) bond motifs is 1. The number of pyridine rings is 1. The lowest BCUT2D eigenvalue weighted by Crippen LogP contribution is -2.07. The number of benzene rings is 3. The molecule has 32 heavy (non-hydrogen) atoms. The molecule has 0 aliphatic carbocycles. The second-order valence-electron chi connectivity index (χ2n) is 7.50. The van der Waals surface area contributed by atoms with Gasteiger partial charge < -0.3 is 4.90 Å². The molecule has 4 aromatic rings. The van der Waals surface area contributed by atoms with Gasteiger partial charge in [-0.15, -0.1) is 0 Å². The Kier molecular flexibility index (Phi) is 7.41. The van der Waals surface area contributed by atoms with Crippen LogP contribution in [0.25, 0.3) is 22.9 Å². The van der Waals surface area contributed by atoms with Crippen molar-refractivity contribution in [2.45, 2.75) is 11.8 Å². The van der Waals surface area contributed by atoms with Gasteiger partial charge in [-0.25, -0.2) is 0 Å². The zero-order valence-electron chi connectivity index (χ0n) is 18.3. The normalized spacial score (nSPS) is 11.2. The van der Waals surface area contributed by atoms with E-state index in [2.05, 4.69) is 52.4 Å². The van der Waals surface area contributed by atoms with Crippen molar-refractivity contribution in [2.24, 2.45) is 0 Å². The van der Waals surface area contributed by atoms with Gasteiger partial charge in [-0.2, -0.15) is 8.42 Å². The Balaban J connectivity index is 0.000000186. The van der Waals surface area contributed by atoms with E-state index in [0.29, 0.717) is 5.39 Å². The largest absolute Gasteiger partial charge is 0.378 e. The van der Waals surface area contributed by atoms with Crippen molar-refractivity contribution in [3.8, 4) is 0 Å². The summed E-state index contributed by atoms with van der Waals surface area (Å²) in [6.07, 6.45) is 6.07. The Labute approximate surface area is 189 Å². The summed E-state index contributed by atoms with van der Waals surface area (Å²) < 4.78 is 31.0. The van der Waals surface area contributed by atoms with Gasteiger partial charge >= 0.3 is 0 Å². The van der Waals surface area contributed by atoms with Crippen LogP contribution in [0.3, 0.4) is 0 Å². The van der Waals surface area contributed by atoms with E-state index in [1.54, 1.807) is 30.3 Å². The van der Waals surface area contributed by atoms with E-state index in [1.165, 1.54) is 22.9 Å². The zero-order valence-corrected chi connectivity index (χ0v) is 19.1. The van der Waals surface area contributed by atoms with Crippen molar-refractivity contribution < 1.29 is 13.0 Å². The molecular weight excluding hydrogens is 420 g/mol. The minimum atomic E-state index is -4.13. The van der Waals surface area contributed by atoms with E-state index in [4.69, 9.17) is 4.55 Å². The molecule has 1 aromatic heterocycles. The minimum Gasteiger partial charge on any atom is -0.378 e. The fraction of sp³-hybridized carbons (Fsp3) is 0.115. The molecule has 1 N–H and O–H groups in total. The fourth-order valence-electron chi connectivity index (χ4n) is 3.17. The van der Waals surface area contributed by atoms with Gasteiger partial charge in [0, 0.05) is 37.1 Å². The predicted octanol–water partition coefficient (Wildman–Crippen LogP) is 5.71. The zero-order chi connectivity index (χ0) is 23.1. The third-order valence-corrected chi connectivity index (χ3v) is 5.74. The second-order valence-corrected chi connectivity index (χ2v) is 8.89. The van der Waals surface area contributed by atoms with Gasteiger partial charge in [0.25, 0.3) is 10.1 Å². The van der Waals surface area contributed by atoms with Crippen molar-refractivity contribution in [1.82, 2.24) is 4.98 Å². The van der Waals surface area contributed by atoms with Crippen LogP contribution < -0.4 is 4.90 Å². The minimum absolute atomic E-state index is 0.0457. The van der Waals surface area contributed by atoms with Gasteiger partial charge in [-0.05, 0) is 53.8 Å². The van der Waals surface area contributed by atoms with Crippen LogP contribution in [-0.4, -0.2) is 32.0 Å². The first-order valence-electron chi connectivity index (χ1n) is 10.1. The highest BCUT2D eigenvalue weighted by atomic mass is 32.2. The summed E-state index contributed by atoms with van der Waals surface area (Å²) in [4.78, 5) is 6.24.